The highest BCUT2D eigenvalue weighted by Crippen LogP contribution is 2.23. The average Bonchev–Trinajstić information content (AvgIpc) is 2.42. The van der Waals surface area contributed by atoms with Gasteiger partial charge in [-0.05, 0) is 48.8 Å². The Morgan fingerprint density at radius 1 is 1.05 bits per heavy atom. The first-order valence-electron chi connectivity index (χ1n) is 7.50. The van der Waals surface area contributed by atoms with E-state index in [1.807, 2.05) is 11.8 Å². The van der Waals surface area contributed by atoms with Crippen molar-refractivity contribution < 1.29 is 0 Å². The minimum absolute atomic E-state index is 0.632. The Kier molecular flexibility index (Phi) is 9.02. The van der Waals surface area contributed by atoms with Gasteiger partial charge in [-0.1, -0.05) is 50.6 Å². The molecule has 0 saturated heterocycles. The molecule has 108 valence electrons. The maximum Gasteiger partial charge on any atom is 0.00226 e. The number of nitrogens with one attached hydrogen (secondary N) is 1. The first-order valence-corrected chi connectivity index (χ1v) is 8.89. The number of rotatable bonds is 10. The molecule has 0 radical (unpaired) electrons. The van der Waals surface area contributed by atoms with E-state index in [1.54, 1.807) is 0 Å². The maximum atomic E-state index is 3.64. The van der Waals surface area contributed by atoms with E-state index in [1.165, 1.54) is 30.6 Å². The van der Waals surface area contributed by atoms with E-state index >= 15 is 0 Å². The lowest BCUT2D eigenvalue weighted by Crippen LogP contribution is -2.25. The first kappa shape index (κ1) is 16.6. The van der Waals surface area contributed by atoms with Crippen LogP contribution in [0.5, 0.6) is 0 Å². The van der Waals surface area contributed by atoms with Crippen molar-refractivity contribution in [2.24, 2.45) is 5.92 Å². The summed E-state index contributed by atoms with van der Waals surface area (Å²) < 4.78 is 0. The van der Waals surface area contributed by atoms with Gasteiger partial charge in [0.2, 0.25) is 0 Å². The molecule has 0 saturated carbocycles. The Hall–Kier alpha value is -0.470. The number of thioether (sulfide) groups is 1. The van der Waals surface area contributed by atoms with Crippen molar-refractivity contribution in [3.8, 4) is 0 Å². The molecule has 0 bridgehead atoms. The zero-order chi connectivity index (χ0) is 13.9. The predicted octanol–water partition coefficient (Wildman–Crippen LogP) is 4.55. The second kappa shape index (κ2) is 10.3. The Morgan fingerprint density at radius 2 is 1.79 bits per heavy atom. The fraction of sp³-hybridized carbons (Fsp3) is 0.647. The molecule has 1 nitrogen and oxygen atoms in total. The molecule has 1 aromatic rings. The molecule has 0 heterocycles. The largest absolute Gasteiger partial charge is 0.316 e. The molecule has 1 unspecified atom stereocenters. The van der Waals surface area contributed by atoms with Crippen LogP contribution >= 0.6 is 11.8 Å². The van der Waals surface area contributed by atoms with E-state index < -0.39 is 0 Å². The van der Waals surface area contributed by atoms with Crippen LogP contribution in [-0.4, -0.2) is 25.1 Å². The van der Waals surface area contributed by atoms with Crippen molar-refractivity contribution >= 4 is 11.8 Å². The number of unbranched alkanes of at least 4 members (excludes halogenated alkanes) is 2. The Balaban J connectivity index is 2.24. The van der Waals surface area contributed by atoms with Gasteiger partial charge in [-0.3, -0.25) is 0 Å². The van der Waals surface area contributed by atoms with Crippen molar-refractivity contribution in [3.63, 3.8) is 0 Å². The molecular formula is C17H29NS. The van der Waals surface area contributed by atoms with Crippen LogP contribution in [0.4, 0.5) is 0 Å². The first-order chi connectivity index (χ1) is 9.25. The van der Waals surface area contributed by atoms with Gasteiger partial charge in [0.1, 0.15) is 0 Å². The van der Waals surface area contributed by atoms with Gasteiger partial charge in [0.05, 0.1) is 0 Å². The highest BCUT2D eigenvalue weighted by Gasteiger charge is 2.14. The van der Waals surface area contributed by atoms with Gasteiger partial charge in [0, 0.05) is 6.54 Å². The van der Waals surface area contributed by atoms with E-state index in [0.717, 1.165) is 13.1 Å². The lowest BCUT2D eigenvalue weighted by atomic mass is 9.88. The number of hydrogen-bond donors (Lipinski definition) is 1. The van der Waals surface area contributed by atoms with Gasteiger partial charge >= 0.3 is 0 Å². The topological polar surface area (TPSA) is 12.0 Å². The van der Waals surface area contributed by atoms with Gasteiger partial charge in [0.15, 0.2) is 0 Å². The van der Waals surface area contributed by atoms with Gasteiger partial charge in [-0.2, -0.15) is 11.8 Å². The summed E-state index contributed by atoms with van der Waals surface area (Å²) in [4.78, 5) is 0. The van der Waals surface area contributed by atoms with E-state index in [9.17, 15) is 0 Å². The summed E-state index contributed by atoms with van der Waals surface area (Å²) in [6.45, 7) is 6.89. The SMILES string of the molecule is CSCCCCCNCC(c1ccccc1)C(C)C. The molecule has 1 rings (SSSR count). The lowest BCUT2D eigenvalue weighted by molar-refractivity contribution is 0.457. The second-order valence-corrected chi connectivity index (χ2v) is 6.50. The Bertz CT molecular complexity index is 310. The molecule has 0 amide bonds. The molecule has 0 aliphatic rings. The maximum absolute atomic E-state index is 3.64. The van der Waals surface area contributed by atoms with Crippen molar-refractivity contribution in [3.05, 3.63) is 35.9 Å². The fourth-order valence-corrected chi connectivity index (χ4v) is 2.86. The molecule has 0 spiro atoms. The van der Waals surface area contributed by atoms with Crippen LogP contribution in [0.25, 0.3) is 0 Å². The molecule has 19 heavy (non-hydrogen) atoms. The lowest BCUT2D eigenvalue weighted by Gasteiger charge is -2.22. The van der Waals surface area contributed by atoms with E-state index in [-0.39, 0.29) is 0 Å². The Morgan fingerprint density at radius 3 is 2.42 bits per heavy atom. The summed E-state index contributed by atoms with van der Waals surface area (Å²) >= 11 is 1.95. The van der Waals surface area contributed by atoms with E-state index in [4.69, 9.17) is 0 Å². The zero-order valence-electron chi connectivity index (χ0n) is 12.7. The molecule has 0 aliphatic carbocycles. The minimum Gasteiger partial charge on any atom is -0.316 e. The monoisotopic (exact) mass is 279 g/mol. The van der Waals surface area contributed by atoms with Crippen LogP contribution in [0.2, 0.25) is 0 Å². The molecular weight excluding hydrogens is 250 g/mol. The summed E-state index contributed by atoms with van der Waals surface area (Å²) in [7, 11) is 0. The van der Waals surface area contributed by atoms with Crippen LogP contribution in [0.15, 0.2) is 30.3 Å². The average molecular weight is 279 g/mol. The van der Waals surface area contributed by atoms with Crippen LogP contribution in [-0.2, 0) is 0 Å². The van der Waals surface area contributed by atoms with Gasteiger partial charge in [-0.15, -0.1) is 0 Å². The third-order valence-corrected chi connectivity index (χ3v) is 4.30. The zero-order valence-corrected chi connectivity index (χ0v) is 13.5. The fourth-order valence-electron chi connectivity index (χ4n) is 2.37. The summed E-state index contributed by atoms with van der Waals surface area (Å²) in [5.41, 5.74) is 1.47. The Labute approximate surface area is 123 Å². The van der Waals surface area contributed by atoms with Crippen molar-refractivity contribution in [1.29, 1.82) is 0 Å². The van der Waals surface area contributed by atoms with Crippen LogP contribution in [0.1, 0.15) is 44.6 Å². The van der Waals surface area contributed by atoms with Gasteiger partial charge < -0.3 is 5.32 Å². The standard InChI is InChI=1S/C17H29NS/c1-15(2)17(16-10-6-4-7-11-16)14-18-12-8-5-9-13-19-3/h4,6-7,10-11,15,17-18H,5,8-9,12-14H2,1-3H3. The smallest absolute Gasteiger partial charge is 0.00226 e. The third-order valence-electron chi connectivity index (χ3n) is 3.60. The highest BCUT2D eigenvalue weighted by atomic mass is 32.2. The number of benzene rings is 1. The molecule has 0 aliphatic heterocycles. The summed E-state index contributed by atoms with van der Waals surface area (Å²) in [6.07, 6.45) is 6.20. The third kappa shape index (κ3) is 7.03. The van der Waals surface area contributed by atoms with E-state index in [2.05, 4.69) is 55.8 Å². The number of hydrogen-bond acceptors (Lipinski definition) is 2. The van der Waals surface area contributed by atoms with Crippen LogP contribution in [0, 0.1) is 5.92 Å². The van der Waals surface area contributed by atoms with Gasteiger partial charge in [-0.25, -0.2) is 0 Å². The summed E-state index contributed by atoms with van der Waals surface area (Å²) in [6, 6.07) is 10.9. The normalized spacial score (nSPS) is 12.8. The summed E-state index contributed by atoms with van der Waals surface area (Å²) in [5.74, 6) is 2.62. The quantitative estimate of drug-likeness (QED) is 0.631. The van der Waals surface area contributed by atoms with Gasteiger partial charge in [0.25, 0.3) is 0 Å². The van der Waals surface area contributed by atoms with Crippen LogP contribution < -0.4 is 5.32 Å². The summed E-state index contributed by atoms with van der Waals surface area (Å²) in [5, 5.41) is 3.64. The van der Waals surface area contributed by atoms with Crippen molar-refractivity contribution in [2.45, 2.75) is 39.0 Å². The molecule has 1 atom stereocenters. The predicted molar refractivity (Wildman–Crippen MR) is 89.1 cm³/mol. The second-order valence-electron chi connectivity index (χ2n) is 5.52. The van der Waals surface area contributed by atoms with E-state index in [0.29, 0.717) is 11.8 Å². The minimum atomic E-state index is 0.632. The molecule has 1 N–H and O–H groups in total. The molecule has 0 aromatic heterocycles. The van der Waals surface area contributed by atoms with Crippen molar-refractivity contribution in [1.82, 2.24) is 5.32 Å². The van der Waals surface area contributed by atoms with Crippen molar-refractivity contribution in [2.75, 3.05) is 25.1 Å². The molecule has 0 fully saturated rings. The molecule has 1 aromatic carbocycles. The molecule has 2 heteroatoms. The van der Waals surface area contributed by atoms with Crippen LogP contribution in [0.3, 0.4) is 0 Å². The highest BCUT2D eigenvalue weighted by molar-refractivity contribution is 7.98.